The third kappa shape index (κ3) is 1.01. The predicted molar refractivity (Wildman–Crippen MR) is 29.7 cm³/mol. The van der Waals surface area contributed by atoms with Gasteiger partial charge in [0.25, 0.3) is 0 Å². The lowest BCUT2D eigenvalue weighted by Crippen LogP contribution is -1.84. The van der Waals surface area contributed by atoms with Gasteiger partial charge in [-0.05, 0) is 15.9 Å². The molecule has 1 rings (SSSR count). The molecule has 2 nitrogen and oxygen atoms in total. The Morgan fingerprint density at radius 3 is 2.38 bits per heavy atom. The van der Waals surface area contributed by atoms with Crippen LogP contribution in [0.1, 0.15) is 0 Å². The maximum absolute atomic E-state index is 12.1. The van der Waals surface area contributed by atoms with Gasteiger partial charge in [-0.1, -0.05) is 0 Å². The monoisotopic (exact) mass is 176 g/mol. The van der Waals surface area contributed by atoms with E-state index in [1.165, 1.54) is 12.4 Å². The number of hydrogen-bond donors (Lipinski definition) is 0. The molecule has 0 saturated heterocycles. The fraction of sp³-hybridized carbons (Fsp3) is 0. The maximum atomic E-state index is 12.1. The van der Waals surface area contributed by atoms with E-state index in [1.807, 2.05) is 0 Å². The second-order valence-corrected chi connectivity index (χ2v) is 1.89. The number of halogens is 2. The van der Waals surface area contributed by atoms with Crippen molar-refractivity contribution < 1.29 is 4.39 Å². The summed E-state index contributed by atoms with van der Waals surface area (Å²) in [4.78, 5) is 6.86. The summed E-state index contributed by atoms with van der Waals surface area (Å²) in [7, 11) is 0. The minimum absolute atomic E-state index is 0.153. The van der Waals surface area contributed by atoms with Crippen molar-refractivity contribution in [1.29, 1.82) is 0 Å². The SMILES string of the molecule is Fc1nccnc1Br. The minimum Gasteiger partial charge on any atom is -0.243 e. The molecule has 0 fully saturated rings. The standard InChI is InChI=1S/C4H2BrFN2/c5-3-4(6)8-2-1-7-3/h1-2H. The molecule has 0 aliphatic rings. The number of aromatic nitrogens is 2. The van der Waals surface area contributed by atoms with Crippen LogP contribution in [-0.2, 0) is 0 Å². The zero-order chi connectivity index (χ0) is 5.98. The molecule has 4 heteroatoms. The second kappa shape index (κ2) is 2.17. The summed E-state index contributed by atoms with van der Waals surface area (Å²) in [5.41, 5.74) is 0. The van der Waals surface area contributed by atoms with Gasteiger partial charge >= 0.3 is 0 Å². The predicted octanol–water partition coefficient (Wildman–Crippen LogP) is 1.38. The Morgan fingerprint density at radius 2 is 2.00 bits per heavy atom. The largest absolute Gasteiger partial charge is 0.245 e. The van der Waals surface area contributed by atoms with E-state index in [4.69, 9.17) is 0 Å². The molecule has 0 N–H and O–H groups in total. The molecular weight excluding hydrogens is 175 g/mol. The molecule has 1 aromatic rings. The van der Waals surface area contributed by atoms with E-state index in [-0.39, 0.29) is 4.60 Å². The van der Waals surface area contributed by atoms with Gasteiger partial charge < -0.3 is 0 Å². The summed E-state index contributed by atoms with van der Waals surface area (Å²) in [6.07, 6.45) is 2.70. The van der Waals surface area contributed by atoms with Crippen LogP contribution in [0.3, 0.4) is 0 Å². The minimum atomic E-state index is -0.576. The van der Waals surface area contributed by atoms with Crippen molar-refractivity contribution in [2.45, 2.75) is 0 Å². The molecule has 0 amide bonds. The molecule has 8 heavy (non-hydrogen) atoms. The Hall–Kier alpha value is -0.510. The van der Waals surface area contributed by atoms with Crippen molar-refractivity contribution >= 4 is 15.9 Å². The average Bonchev–Trinajstić information content (AvgIpc) is 1.77. The van der Waals surface area contributed by atoms with Crippen LogP contribution in [0.25, 0.3) is 0 Å². The smallest absolute Gasteiger partial charge is 0.243 e. The van der Waals surface area contributed by atoms with Crippen molar-refractivity contribution in [3.63, 3.8) is 0 Å². The number of hydrogen-bond acceptors (Lipinski definition) is 2. The van der Waals surface area contributed by atoms with Gasteiger partial charge in [0.15, 0.2) is 4.60 Å². The lowest BCUT2D eigenvalue weighted by Gasteiger charge is -1.85. The fourth-order valence-corrected chi connectivity index (χ4v) is 0.525. The highest BCUT2D eigenvalue weighted by molar-refractivity contribution is 9.10. The van der Waals surface area contributed by atoms with E-state index >= 15 is 0 Å². The van der Waals surface area contributed by atoms with Crippen molar-refractivity contribution in [1.82, 2.24) is 9.97 Å². The molecule has 0 atom stereocenters. The van der Waals surface area contributed by atoms with Gasteiger partial charge in [-0.3, -0.25) is 0 Å². The maximum Gasteiger partial charge on any atom is 0.245 e. The van der Waals surface area contributed by atoms with Gasteiger partial charge in [-0.25, -0.2) is 9.97 Å². The van der Waals surface area contributed by atoms with Gasteiger partial charge in [-0.2, -0.15) is 4.39 Å². The van der Waals surface area contributed by atoms with Crippen LogP contribution in [0, 0.1) is 5.95 Å². The quantitative estimate of drug-likeness (QED) is 0.598. The third-order valence-electron chi connectivity index (χ3n) is 0.613. The van der Waals surface area contributed by atoms with E-state index in [0.717, 1.165) is 0 Å². The molecule has 0 spiro atoms. The van der Waals surface area contributed by atoms with Crippen molar-refractivity contribution in [3.05, 3.63) is 22.9 Å². The molecule has 0 aliphatic heterocycles. The lowest BCUT2D eigenvalue weighted by atomic mass is 10.7. The Balaban J connectivity index is 3.13. The highest BCUT2D eigenvalue weighted by atomic mass is 79.9. The summed E-state index contributed by atoms with van der Waals surface area (Å²) in [5, 5.41) is 0. The molecule has 1 heterocycles. The topological polar surface area (TPSA) is 25.8 Å². The number of rotatable bonds is 0. The summed E-state index contributed by atoms with van der Waals surface area (Å²) in [6.45, 7) is 0. The van der Waals surface area contributed by atoms with Crippen molar-refractivity contribution in [2.75, 3.05) is 0 Å². The Labute approximate surface area is 53.9 Å². The van der Waals surface area contributed by atoms with Crippen LogP contribution in [0.4, 0.5) is 4.39 Å². The molecule has 0 bridgehead atoms. The van der Waals surface area contributed by atoms with Gasteiger partial charge in [0.05, 0.1) is 0 Å². The first kappa shape index (κ1) is 5.62. The van der Waals surface area contributed by atoms with Crippen LogP contribution in [0.5, 0.6) is 0 Å². The first-order chi connectivity index (χ1) is 3.80. The molecule has 1 aromatic heterocycles. The van der Waals surface area contributed by atoms with E-state index in [2.05, 4.69) is 25.9 Å². The van der Waals surface area contributed by atoms with Crippen LogP contribution < -0.4 is 0 Å². The first-order valence-electron chi connectivity index (χ1n) is 1.92. The molecule has 0 radical (unpaired) electrons. The zero-order valence-corrected chi connectivity index (χ0v) is 5.39. The molecular formula is C4H2BrFN2. The Kier molecular flexibility index (Phi) is 1.53. The molecule has 42 valence electrons. The van der Waals surface area contributed by atoms with Gasteiger partial charge in [0.2, 0.25) is 5.95 Å². The summed E-state index contributed by atoms with van der Waals surface area (Å²) >= 11 is 2.85. The summed E-state index contributed by atoms with van der Waals surface area (Å²) in [5.74, 6) is -0.576. The number of nitrogens with zero attached hydrogens (tertiary/aromatic N) is 2. The zero-order valence-electron chi connectivity index (χ0n) is 3.81. The lowest BCUT2D eigenvalue weighted by molar-refractivity contribution is 0.568. The fourth-order valence-electron chi connectivity index (χ4n) is 0.304. The molecule has 0 unspecified atom stereocenters. The molecule has 0 saturated carbocycles. The van der Waals surface area contributed by atoms with Gasteiger partial charge in [0.1, 0.15) is 0 Å². The van der Waals surface area contributed by atoms with Crippen LogP contribution in [0.2, 0.25) is 0 Å². The highest BCUT2D eigenvalue weighted by Gasteiger charge is 1.94. The highest BCUT2D eigenvalue weighted by Crippen LogP contribution is 2.05. The normalized spacial score (nSPS) is 9.25. The van der Waals surface area contributed by atoms with Crippen molar-refractivity contribution in [3.8, 4) is 0 Å². The Bertz CT molecular complexity index is 170. The van der Waals surface area contributed by atoms with Crippen molar-refractivity contribution in [2.24, 2.45) is 0 Å². The first-order valence-corrected chi connectivity index (χ1v) is 2.72. The summed E-state index contributed by atoms with van der Waals surface area (Å²) in [6, 6.07) is 0. The van der Waals surface area contributed by atoms with E-state index in [0.29, 0.717) is 0 Å². The van der Waals surface area contributed by atoms with Gasteiger partial charge in [0, 0.05) is 12.4 Å². The Morgan fingerprint density at radius 1 is 1.38 bits per heavy atom. The van der Waals surface area contributed by atoms with Crippen LogP contribution >= 0.6 is 15.9 Å². The average molecular weight is 177 g/mol. The van der Waals surface area contributed by atoms with Crippen LogP contribution in [0.15, 0.2) is 17.0 Å². The second-order valence-electron chi connectivity index (χ2n) is 1.14. The van der Waals surface area contributed by atoms with E-state index < -0.39 is 5.95 Å². The summed E-state index contributed by atoms with van der Waals surface area (Å²) < 4.78 is 12.3. The van der Waals surface area contributed by atoms with E-state index in [9.17, 15) is 4.39 Å². The van der Waals surface area contributed by atoms with Crippen LogP contribution in [-0.4, -0.2) is 9.97 Å². The van der Waals surface area contributed by atoms with E-state index in [1.54, 1.807) is 0 Å². The molecule has 0 aliphatic carbocycles. The third-order valence-corrected chi connectivity index (χ3v) is 1.14. The molecule has 0 aromatic carbocycles. The van der Waals surface area contributed by atoms with Gasteiger partial charge in [-0.15, -0.1) is 0 Å².